The van der Waals surface area contributed by atoms with E-state index >= 15 is 0 Å². The molecule has 8 heteroatoms. The topological polar surface area (TPSA) is 42.3 Å². The van der Waals surface area contributed by atoms with E-state index in [4.69, 9.17) is 11.6 Å². The quantitative estimate of drug-likeness (QED) is 0.805. The van der Waals surface area contributed by atoms with Crippen molar-refractivity contribution in [2.45, 2.75) is 31.6 Å². The molecule has 0 saturated carbocycles. The summed E-state index contributed by atoms with van der Waals surface area (Å²) < 4.78 is 39.4. The molecule has 1 aliphatic heterocycles. The van der Waals surface area contributed by atoms with Gasteiger partial charge in [0.05, 0.1) is 6.04 Å². The zero-order chi connectivity index (χ0) is 18.9. The first-order valence-corrected chi connectivity index (χ1v) is 8.47. The average molecular weight is 385 g/mol. The molecule has 0 bridgehead atoms. The third-order valence-corrected chi connectivity index (χ3v) is 4.71. The van der Waals surface area contributed by atoms with Crippen molar-refractivity contribution in [3.63, 3.8) is 0 Å². The van der Waals surface area contributed by atoms with Gasteiger partial charge in [0, 0.05) is 17.8 Å². The lowest BCUT2D eigenvalue weighted by atomic mass is 10.0. The molecule has 1 atom stereocenters. The summed E-state index contributed by atoms with van der Waals surface area (Å²) in [4.78, 5) is 26.3. The monoisotopic (exact) mass is 384 g/mol. The lowest BCUT2D eigenvalue weighted by molar-refractivity contribution is -0.139. The van der Waals surface area contributed by atoms with Gasteiger partial charge in [-0.1, -0.05) is 23.7 Å². The van der Waals surface area contributed by atoms with Crippen LogP contribution in [-0.4, -0.2) is 21.9 Å². The molecule has 3 rings (SSSR count). The van der Waals surface area contributed by atoms with Crippen molar-refractivity contribution in [1.29, 1.82) is 0 Å². The maximum absolute atomic E-state index is 12.9. The molecule has 4 nitrogen and oxygen atoms in total. The molecule has 1 aromatic heterocycles. The number of nitrogens with zero attached hydrogens (tertiary/aromatic N) is 2. The van der Waals surface area contributed by atoms with E-state index in [1.165, 1.54) is 6.20 Å². The van der Waals surface area contributed by atoms with Gasteiger partial charge in [-0.2, -0.15) is 13.2 Å². The molecule has 2 aromatic rings. The molecular formula is C18H16ClF3N2O2. The maximum Gasteiger partial charge on any atom is 0.421 e. The summed E-state index contributed by atoms with van der Waals surface area (Å²) in [6, 6.07) is 8.80. The number of likely N-dealkylation sites (tertiary alicyclic amines) is 1. The van der Waals surface area contributed by atoms with Gasteiger partial charge in [-0.05, 0) is 42.7 Å². The van der Waals surface area contributed by atoms with Crippen LogP contribution >= 0.6 is 11.6 Å². The molecule has 0 N–H and O–H groups in total. The van der Waals surface area contributed by atoms with Crippen LogP contribution in [0, 0.1) is 0 Å². The fourth-order valence-corrected chi connectivity index (χ4v) is 3.34. The lowest BCUT2D eigenvalue weighted by Crippen LogP contribution is -2.37. The minimum Gasteiger partial charge on any atom is -0.334 e. The SMILES string of the molecule is O=C(Cn1cccc(C(F)(F)F)c1=O)N1CCCC1c1ccc(Cl)cc1. The molecule has 1 saturated heterocycles. The first-order valence-electron chi connectivity index (χ1n) is 8.09. The number of aromatic nitrogens is 1. The Morgan fingerprint density at radius 3 is 2.54 bits per heavy atom. The minimum atomic E-state index is -4.75. The highest BCUT2D eigenvalue weighted by atomic mass is 35.5. The molecule has 0 aliphatic carbocycles. The van der Waals surface area contributed by atoms with Gasteiger partial charge >= 0.3 is 6.18 Å². The van der Waals surface area contributed by atoms with Gasteiger partial charge in [0.1, 0.15) is 12.1 Å². The Kier molecular flexibility index (Phi) is 5.09. The van der Waals surface area contributed by atoms with Gasteiger partial charge in [0.15, 0.2) is 0 Å². The zero-order valence-electron chi connectivity index (χ0n) is 13.7. The van der Waals surface area contributed by atoms with Crippen LogP contribution in [0.15, 0.2) is 47.4 Å². The van der Waals surface area contributed by atoms with E-state index in [9.17, 15) is 22.8 Å². The number of carbonyl (C=O) groups is 1. The predicted molar refractivity (Wildman–Crippen MR) is 90.8 cm³/mol. The van der Waals surface area contributed by atoms with Crippen LogP contribution in [0.3, 0.4) is 0 Å². The number of hydrogen-bond donors (Lipinski definition) is 0. The predicted octanol–water partition coefficient (Wildman–Crippen LogP) is 3.88. The normalized spacial score (nSPS) is 17.5. The summed E-state index contributed by atoms with van der Waals surface area (Å²) in [6.45, 7) is 0.0761. The minimum absolute atomic E-state index is 0.165. The smallest absolute Gasteiger partial charge is 0.334 e. The molecule has 26 heavy (non-hydrogen) atoms. The Bertz CT molecular complexity index is 862. The van der Waals surface area contributed by atoms with Crippen molar-refractivity contribution in [2.75, 3.05) is 6.54 Å². The standard InChI is InChI=1S/C18H16ClF3N2O2/c19-13-7-5-12(6-8-13)15-4-2-10-24(15)16(25)11-23-9-1-3-14(17(23)26)18(20,21)22/h1,3,5-9,15H,2,4,10-11H2. The summed E-state index contributed by atoms with van der Waals surface area (Å²) in [7, 11) is 0. The highest BCUT2D eigenvalue weighted by Gasteiger charge is 2.35. The Hall–Kier alpha value is -2.28. The number of pyridine rings is 1. The van der Waals surface area contributed by atoms with Gasteiger partial charge in [0.25, 0.3) is 5.56 Å². The third-order valence-electron chi connectivity index (χ3n) is 4.46. The lowest BCUT2D eigenvalue weighted by Gasteiger charge is -2.25. The number of carbonyl (C=O) groups excluding carboxylic acids is 1. The molecule has 0 spiro atoms. The van der Waals surface area contributed by atoms with Crippen LogP contribution in [0.5, 0.6) is 0 Å². The van der Waals surface area contributed by atoms with Crippen molar-refractivity contribution >= 4 is 17.5 Å². The Labute approximate surface area is 152 Å². The number of amides is 1. The van der Waals surface area contributed by atoms with E-state index in [2.05, 4.69) is 0 Å². The van der Waals surface area contributed by atoms with E-state index in [1.807, 2.05) is 12.1 Å². The average Bonchev–Trinajstić information content (AvgIpc) is 3.06. The van der Waals surface area contributed by atoms with Crippen molar-refractivity contribution < 1.29 is 18.0 Å². The number of halogens is 4. The van der Waals surface area contributed by atoms with Gasteiger partial charge < -0.3 is 9.47 Å². The van der Waals surface area contributed by atoms with Gasteiger partial charge in [0.2, 0.25) is 5.91 Å². The molecule has 138 valence electrons. The largest absolute Gasteiger partial charge is 0.421 e. The van der Waals surface area contributed by atoms with Crippen LogP contribution in [-0.2, 0) is 17.5 Å². The summed E-state index contributed by atoms with van der Waals surface area (Å²) in [5, 5.41) is 0.583. The Balaban J connectivity index is 1.82. The van der Waals surface area contributed by atoms with Crippen LogP contribution in [0.1, 0.15) is 30.0 Å². The second-order valence-electron chi connectivity index (χ2n) is 6.15. The van der Waals surface area contributed by atoms with Crippen LogP contribution in [0.4, 0.5) is 13.2 Å². The van der Waals surface area contributed by atoms with Crippen molar-refractivity contribution in [2.24, 2.45) is 0 Å². The van der Waals surface area contributed by atoms with Gasteiger partial charge in [-0.25, -0.2) is 0 Å². The molecular weight excluding hydrogens is 369 g/mol. The van der Waals surface area contributed by atoms with E-state index in [1.54, 1.807) is 17.0 Å². The van der Waals surface area contributed by atoms with Gasteiger partial charge in [-0.15, -0.1) is 0 Å². The van der Waals surface area contributed by atoms with Crippen molar-refractivity contribution in [3.05, 3.63) is 69.1 Å². The molecule has 2 heterocycles. The Morgan fingerprint density at radius 2 is 1.88 bits per heavy atom. The van der Waals surface area contributed by atoms with E-state index in [0.717, 1.165) is 35.1 Å². The number of rotatable bonds is 3. The number of alkyl halides is 3. The summed E-state index contributed by atoms with van der Waals surface area (Å²) >= 11 is 5.88. The maximum atomic E-state index is 12.9. The third kappa shape index (κ3) is 3.77. The van der Waals surface area contributed by atoms with E-state index < -0.39 is 23.8 Å². The summed E-state index contributed by atoms with van der Waals surface area (Å²) in [5.41, 5.74) is -1.57. The fraction of sp³-hybridized carbons (Fsp3) is 0.333. The molecule has 1 aromatic carbocycles. The molecule has 1 unspecified atom stereocenters. The second-order valence-corrected chi connectivity index (χ2v) is 6.59. The first kappa shape index (κ1) is 18.5. The molecule has 1 fully saturated rings. The van der Waals surface area contributed by atoms with Crippen LogP contribution in [0.2, 0.25) is 5.02 Å². The van der Waals surface area contributed by atoms with Crippen molar-refractivity contribution in [3.8, 4) is 0 Å². The molecule has 0 radical (unpaired) electrons. The Morgan fingerprint density at radius 1 is 1.19 bits per heavy atom. The first-order chi connectivity index (χ1) is 12.3. The highest BCUT2D eigenvalue weighted by molar-refractivity contribution is 6.30. The number of hydrogen-bond acceptors (Lipinski definition) is 2. The van der Waals surface area contributed by atoms with Gasteiger partial charge in [-0.3, -0.25) is 9.59 Å². The van der Waals surface area contributed by atoms with Crippen molar-refractivity contribution in [1.82, 2.24) is 9.47 Å². The zero-order valence-corrected chi connectivity index (χ0v) is 14.4. The highest BCUT2D eigenvalue weighted by Crippen LogP contribution is 2.32. The fourth-order valence-electron chi connectivity index (χ4n) is 3.21. The van der Waals surface area contributed by atoms with Crippen LogP contribution in [0.25, 0.3) is 0 Å². The second kappa shape index (κ2) is 7.15. The van der Waals surface area contributed by atoms with E-state index in [-0.39, 0.29) is 11.9 Å². The molecule has 1 aliphatic rings. The molecule has 1 amide bonds. The summed E-state index contributed by atoms with van der Waals surface area (Å²) in [6.07, 6.45) is -2.01. The van der Waals surface area contributed by atoms with Crippen LogP contribution < -0.4 is 5.56 Å². The summed E-state index contributed by atoms with van der Waals surface area (Å²) in [5.74, 6) is -0.385. The van der Waals surface area contributed by atoms with E-state index in [0.29, 0.717) is 11.6 Å². The number of benzene rings is 1.